The Balaban J connectivity index is 1.62. The zero-order valence-electron chi connectivity index (χ0n) is 20.0. The van der Waals surface area contributed by atoms with Gasteiger partial charge in [-0.3, -0.25) is 14.6 Å². The third-order valence-electron chi connectivity index (χ3n) is 5.62. The fourth-order valence-electron chi connectivity index (χ4n) is 3.84. The lowest BCUT2D eigenvalue weighted by Crippen LogP contribution is -2.10. The number of carbonyl (C=O) groups is 2. The molecule has 0 atom stereocenters. The molecule has 0 amide bonds. The lowest BCUT2D eigenvalue weighted by molar-refractivity contribution is 0.0503. The standard InChI is InChI=1S/C27H24FNO6S/c1-32-15-35-26-18(11-12-29-25(26)19-14-36-27-17(19)5-4-6-20(27)28)22(31)9-8-21(30)16-7-10-23(33-2)24(13-16)34-3/h4-7,10-14H,8-9,15H2,1-3H3. The summed E-state index contributed by atoms with van der Waals surface area (Å²) in [5.41, 5.74) is 1.74. The van der Waals surface area contributed by atoms with Crippen molar-refractivity contribution in [3.63, 3.8) is 0 Å². The van der Waals surface area contributed by atoms with Gasteiger partial charge in [0.2, 0.25) is 0 Å². The van der Waals surface area contributed by atoms with Gasteiger partial charge in [0.15, 0.2) is 35.6 Å². The van der Waals surface area contributed by atoms with E-state index in [1.165, 1.54) is 44.9 Å². The van der Waals surface area contributed by atoms with Gasteiger partial charge >= 0.3 is 0 Å². The lowest BCUT2D eigenvalue weighted by atomic mass is 9.99. The topological polar surface area (TPSA) is 84.0 Å². The third-order valence-corrected chi connectivity index (χ3v) is 6.62. The number of Topliss-reactive ketones (excluding diaryl/α,β-unsaturated/α-hetero) is 2. The second kappa shape index (κ2) is 11.3. The summed E-state index contributed by atoms with van der Waals surface area (Å²) in [6.45, 7) is -0.111. The average molecular weight is 510 g/mol. The molecule has 0 fully saturated rings. The van der Waals surface area contributed by atoms with E-state index in [-0.39, 0.29) is 48.3 Å². The summed E-state index contributed by atoms with van der Waals surface area (Å²) in [4.78, 5) is 30.4. The number of pyridine rings is 1. The second-order valence-electron chi connectivity index (χ2n) is 7.77. The first-order valence-corrected chi connectivity index (χ1v) is 11.9. The molecule has 2 heterocycles. The number of ketones is 2. The molecule has 0 unspecified atom stereocenters. The Morgan fingerprint density at radius 3 is 2.50 bits per heavy atom. The lowest BCUT2D eigenvalue weighted by Gasteiger charge is -2.14. The van der Waals surface area contributed by atoms with Gasteiger partial charge < -0.3 is 18.9 Å². The Hall–Kier alpha value is -3.82. The second-order valence-corrected chi connectivity index (χ2v) is 8.65. The molecule has 0 saturated carbocycles. The van der Waals surface area contributed by atoms with E-state index >= 15 is 0 Å². The van der Waals surface area contributed by atoms with Gasteiger partial charge in [-0.25, -0.2) is 4.39 Å². The highest BCUT2D eigenvalue weighted by molar-refractivity contribution is 7.17. The number of rotatable bonds is 11. The average Bonchev–Trinajstić information content (AvgIpc) is 3.35. The minimum Gasteiger partial charge on any atom is -0.493 e. The van der Waals surface area contributed by atoms with Gasteiger partial charge in [-0.05, 0) is 30.3 Å². The molecule has 7 nitrogen and oxygen atoms in total. The van der Waals surface area contributed by atoms with Gasteiger partial charge in [0.1, 0.15) is 11.5 Å². The molecule has 0 N–H and O–H groups in total. The molecular formula is C27H24FNO6S. The molecule has 0 saturated heterocycles. The van der Waals surface area contributed by atoms with Gasteiger partial charge in [-0.2, -0.15) is 0 Å². The van der Waals surface area contributed by atoms with Crippen LogP contribution in [0, 0.1) is 5.82 Å². The van der Waals surface area contributed by atoms with Crippen LogP contribution < -0.4 is 14.2 Å². The number of benzene rings is 2. The Morgan fingerprint density at radius 2 is 1.75 bits per heavy atom. The maximum atomic E-state index is 14.3. The van der Waals surface area contributed by atoms with Crippen LogP contribution in [0.2, 0.25) is 0 Å². The van der Waals surface area contributed by atoms with Gasteiger partial charge in [0.05, 0.1) is 24.5 Å². The summed E-state index contributed by atoms with van der Waals surface area (Å²) < 4.78 is 36.1. The molecule has 36 heavy (non-hydrogen) atoms. The molecule has 0 radical (unpaired) electrons. The van der Waals surface area contributed by atoms with Crippen LogP contribution in [0.1, 0.15) is 33.6 Å². The molecule has 0 bridgehead atoms. The van der Waals surface area contributed by atoms with Crippen molar-refractivity contribution in [2.24, 2.45) is 0 Å². The van der Waals surface area contributed by atoms with E-state index in [0.717, 1.165) is 0 Å². The van der Waals surface area contributed by atoms with E-state index in [9.17, 15) is 14.0 Å². The van der Waals surface area contributed by atoms with Crippen LogP contribution >= 0.6 is 11.3 Å². The number of hydrogen-bond donors (Lipinski definition) is 0. The van der Waals surface area contributed by atoms with Crippen molar-refractivity contribution >= 4 is 33.0 Å². The SMILES string of the molecule is COCOc1c(C(=O)CCC(=O)c2ccc(OC)c(OC)c2)ccnc1-c1csc2c(F)cccc12. The Kier molecular flexibility index (Phi) is 7.92. The van der Waals surface area contributed by atoms with E-state index < -0.39 is 0 Å². The van der Waals surface area contributed by atoms with E-state index in [2.05, 4.69) is 4.98 Å². The molecule has 0 aliphatic carbocycles. The van der Waals surface area contributed by atoms with Crippen molar-refractivity contribution in [1.29, 1.82) is 0 Å². The van der Waals surface area contributed by atoms with E-state index in [1.54, 1.807) is 41.8 Å². The van der Waals surface area contributed by atoms with Crippen LogP contribution in [0.5, 0.6) is 17.2 Å². The summed E-state index contributed by atoms with van der Waals surface area (Å²) >= 11 is 1.25. The van der Waals surface area contributed by atoms with E-state index in [0.29, 0.717) is 38.4 Å². The summed E-state index contributed by atoms with van der Waals surface area (Å²) in [6, 6.07) is 11.2. The predicted molar refractivity (Wildman–Crippen MR) is 135 cm³/mol. The van der Waals surface area contributed by atoms with Crippen LogP contribution in [0.3, 0.4) is 0 Å². The fourth-order valence-corrected chi connectivity index (χ4v) is 4.80. The first kappa shape index (κ1) is 25.3. The predicted octanol–water partition coefficient (Wildman–Crippen LogP) is 5.95. The zero-order chi connectivity index (χ0) is 25.7. The molecule has 2 aromatic heterocycles. The van der Waals surface area contributed by atoms with Crippen LogP contribution in [0.4, 0.5) is 4.39 Å². The summed E-state index contributed by atoms with van der Waals surface area (Å²) in [5.74, 6) is 0.343. The number of ether oxygens (including phenoxy) is 4. The normalized spacial score (nSPS) is 10.9. The van der Waals surface area contributed by atoms with Crippen molar-refractivity contribution < 1.29 is 32.9 Å². The first-order valence-electron chi connectivity index (χ1n) is 11.0. The maximum Gasteiger partial charge on any atom is 0.188 e. The number of hydrogen-bond acceptors (Lipinski definition) is 8. The Morgan fingerprint density at radius 1 is 0.972 bits per heavy atom. The van der Waals surface area contributed by atoms with Crippen molar-refractivity contribution in [2.75, 3.05) is 28.1 Å². The van der Waals surface area contributed by atoms with Crippen LogP contribution in [-0.2, 0) is 4.74 Å². The minimum absolute atomic E-state index is 0.0116. The number of thiophene rings is 1. The Bertz CT molecular complexity index is 1420. The van der Waals surface area contributed by atoms with Gasteiger partial charge in [-0.1, -0.05) is 12.1 Å². The number of aromatic nitrogens is 1. The van der Waals surface area contributed by atoms with Crippen LogP contribution in [0.15, 0.2) is 54.0 Å². The zero-order valence-corrected chi connectivity index (χ0v) is 20.8. The fraction of sp³-hybridized carbons (Fsp3) is 0.222. The maximum absolute atomic E-state index is 14.3. The van der Waals surface area contributed by atoms with Gasteiger partial charge in [0.25, 0.3) is 0 Å². The third kappa shape index (κ3) is 5.07. The highest BCUT2D eigenvalue weighted by Crippen LogP contribution is 2.40. The monoisotopic (exact) mass is 509 g/mol. The van der Waals surface area contributed by atoms with Crippen molar-refractivity contribution in [2.45, 2.75) is 12.8 Å². The van der Waals surface area contributed by atoms with E-state index in [1.807, 2.05) is 0 Å². The van der Waals surface area contributed by atoms with Gasteiger partial charge in [-0.15, -0.1) is 11.3 Å². The molecule has 2 aromatic carbocycles. The van der Waals surface area contributed by atoms with Crippen molar-refractivity contribution in [3.05, 3.63) is 71.0 Å². The molecule has 186 valence electrons. The first-order chi connectivity index (χ1) is 17.5. The molecule has 4 aromatic rings. The number of halogens is 1. The van der Waals surface area contributed by atoms with Crippen molar-refractivity contribution in [3.8, 4) is 28.5 Å². The number of methoxy groups -OCH3 is 3. The van der Waals surface area contributed by atoms with Crippen LogP contribution in [0.25, 0.3) is 21.3 Å². The summed E-state index contributed by atoms with van der Waals surface area (Å²) in [7, 11) is 4.47. The smallest absolute Gasteiger partial charge is 0.188 e. The number of carbonyl (C=O) groups excluding carboxylic acids is 2. The highest BCUT2D eigenvalue weighted by atomic mass is 32.1. The number of fused-ring (bicyclic) bond motifs is 1. The molecule has 0 aliphatic rings. The van der Waals surface area contributed by atoms with Crippen molar-refractivity contribution in [1.82, 2.24) is 4.98 Å². The summed E-state index contributed by atoms with van der Waals surface area (Å²) in [6.07, 6.45) is 1.45. The number of nitrogens with zero attached hydrogens (tertiary/aromatic N) is 1. The quantitative estimate of drug-likeness (QED) is 0.183. The molecular weight excluding hydrogens is 485 g/mol. The van der Waals surface area contributed by atoms with E-state index in [4.69, 9.17) is 18.9 Å². The van der Waals surface area contributed by atoms with Gasteiger partial charge in [0, 0.05) is 48.0 Å². The molecule has 4 rings (SSSR count). The largest absolute Gasteiger partial charge is 0.493 e. The molecule has 0 spiro atoms. The minimum atomic E-state index is -0.330. The Labute approximate surface area is 211 Å². The molecule has 0 aliphatic heterocycles. The molecule has 9 heteroatoms. The highest BCUT2D eigenvalue weighted by Gasteiger charge is 2.22. The summed E-state index contributed by atoms with van der Waals surface area (Å²) in [5, 5.41) is 2.45. The van der Waals surface area contributed by atoms with Crippen LogP contribution in [-0.4, -0.2) is 44.7 Å².